The SMILES string of the molecule is O=C1NNC=CN1Br. The van der Waals surface area contributed by atoms with Crippen LogP contribution in [0.25, 0.3) is 0 Å². The van der Waals surface area contributed by atoms with Crippen molar-refractivity contribution in [2.75, 3.05) is 0 Å². The standard InChI is InChI=1S/C3H4BrN3O/c4-7-2-1-5-6-3(7)8/h1-2,5H,(H,6,8). The molecule has 0 aromatic heterocycles. The molecule has 5 heteroatoms. The van der Waals surface area contributed by atoms with Crippen molar-refractivity contribution in [3.63, 3.8) is 0 Å². The van der Waals surface area contributed by atoms with Crippen LogP contribution in [0.5, 0.6) is 0 Å². The Kier molecular flexibility index (Phi) is 1.38. The summed E-state index contributed by atoms with van der Waals surface area (Å²) in [4.78, 5) is 10.4. The number of nitrogens with one attached hydrogen (secondary N) is 2. The van der Waals surface area contributed by atoms with Gasteiger partial charge in [0.25, 0.3) is 0 Å². The highest BCUT2D eigenvalue weighted by Gasteiger charge is 2.07. The summed E-state index contributed by atoms with van der Waals surface area (Å²) in [6, 6.07) is -0.229. The van der Waals surface area contributed by atoms with Gasteiger partial charge in [-0.15, -0.1) is 0 Å². The minimum Gasteiger partial charge on any atom is -0.303 e. The fraction of sp³-hybridized carbons (Fsp3) is 0. The van der Waals surface area contributed by atoms with Crippen molar-refractivity contribution >= 4 is 22.2 Å². The lowest BCUT2D eigenvalue weighted by atomic mass is 10.8. The van der Waals surface area contributed by atoms with Gasteiger partial charge in [-0.25, -0.2) is 8.72 Å². The summed E-state index contributed by atoms with van der Waals surface area (Å²) < 4.78 is 1.25. The number of carbonyl (C=O) groups excluding carboxylic acids is 1. The van der Waals surface area contributed by atoms with Crippen LogP contribution in [0.2, 0.25) is 0 Å². The molecule has 2 N–H and O–H groups in total. The monoisotopic (exact) mass is 177 g/mol. The lowest BCUT2D eigenvalue weighted by Crippen LogP contribution is -2.42. The van der Waals surface area contributed by atoms with Crippen molar-refractivity contribution in [2.45, 2.75) is 0 Å². The topological polar surface area (TPSA) is 44.4 Å². The van der Waals surface area contributed by atoms with Gasteiger partial charge in [0.15, 0.2) is 0 Å². The second-order valence-corrected chi connectivity index (χ2v) is 1.97. The average molecular weight is 178 g/mol. The first kappa shape index (κ1) is 5.43. The minimum absolute atomic E-state index is 0.229. The molecule has 0 spiro atoms. The van der Waals surface area contributed by atoms with Crippen LogP contribution in [-0.2, 0) is 0 Å². The van der Waals surface area contributed by atoms with Crippen LogP contribution in [0.15, 0.2) is 12.4 Å². The van der Waals surface area contributed by atoms with E-state index in [-0.39, 0.29) is 6.03 Å². The first-order valence-corrected chi connectivity index (χ1v) is 2.69. The van der Waals surface area contributed by atoms with Crippen molar-refractivity contribution in [1.82, 2.24) is 14.8 Å². The van der Waals surface area contributed by atoms with Gasteiger partial charge in [0.2, 0.25) is 0 Å². The van der Waals surface area contributed by atoms with Gasteiger partial charge in [-0.3, -0.25) is 5.43 Å². The Morgan fingerprint density at radius 3 is 2.88 bits per heavy atom. The summed E-state index contributed by atoms with van der Waals surface area (Å²) in [7, 11) is 0. The molecule has 0 bridgehead atoms. The molecule has 0 fully saturated rings. The van der Waals surface area contributed by atoms with Crippen molar-refractivity contribution in [3.8, 4) is 0 Å². The van der Waals surface area contributed by atoms with E-state index in [1.54, 1.807) is 12.4 Å². The smallest absolute Gasteiger partial charge is 0.303 e. The molecule has 2 amide bonds. The Labute approximate surface area is 54.8 Å². The molecule has 0 saturated carbocycles. The minimum atomic E-state index is -0.229. The largest absolute Gasteiger partial charge is 0.350 e. The molecule has 1 aliphatic rings. The molecule has 0 aliphatic carbocycles. The normalized spacial score (nSPS) is 17.6. The molecule has 1 rings (SSSR count). The van der Waals surface area contributed by atoms with Crippen LogP contribution in [0.3, 0.4) is 0 Å². The molecule has 0 saturated heterocycles. The summed E-state index contributed by atoms with van der Waals surface area (Å²) in [5.41, 5.74) is 4.85. The zero-order valence-electron chi connectivity index (χ0n) is 3.89. The second-order valence-electron chi connectivity index (χ2n) is 1.20. The van der Waals surface area contributed by atoms with Gasteiger partial charge in [0, 0.05) is 12.4 Å². The summed E-state index contributed by atoms with van der Waals surface area (Å²) in [5, 5.41) is 0. The summed E-state index contributed by atoms with van der Waals surface area (Å²) in [6.07, 6.45) is 3.15. The zero-order chi connectivity index (χ0) is 5.98. The maximum absolute atomic E-state index is 10.4. The van der Waals surface area contributed by atoms with E-state index >= 15 is 0 Å². The molecular formula is C3H4BrN3O. The van der Waals surface area contributed by atoms with E-state index in [4.69, 9.17) is 0 Å². The van der Waals surface area contributed by atoms with Crippen molar-refractivity contribution in [1.29, 1.82) is 0 Å². The number of hydrazine groups is 1. The van der Waals surface area contributed by atoms with E-state index in [9.17, 15) is 4.79 Å². The maximum atomic E-state index is 10.4. The number of halogens is 1. The molecule has 0 unspecified atom stereocenters. The van der Waals surface area contributed by atoms with Crippen LogP contribution in [0.4, 0.5) is 4.79 Å². The van der Waals surface area contributed by atoms with Gasteiger partial charge in [-0.05, 0) is 0 Å². The van der Waals surface area contributed by atoms with Gasteiger partial charge < -0.3 is 5.43 Å². The highest BCUT2D eigenvalue weighted by atomic mass is 79.9. The third kappa shape index (κ3) is 0.919. The quantitative estimate of drug-likeness (QED) is 0.524. The number of hydrogen-bond acceptors (Lipinski definition) is 2. The Hall–Kier alpha value is -0.710. The predicted molar refractivity (Wildman–Crippen MR) is 31.6 cm³/mol. The van der Waals surface area contributed by atoms with E-state index in [1.165, 1.54) is 3.93 Å². The zero-order valence-corrected chi connectivity index (χ0v) is 5.47. The Balaban J connectivity index is 2.60. The number of nitrogens with zero attached hydrogens (tertiary/aromatic N) is 1. The fourth-order valence-electron chi connectivity index (χ4n) is 0.327. The van der Waals surface area contributed by atoms with Crippen molar-refractivity contribution in [2.24, 2.45) is 0 Å². The molecule has 0 atom stereocenters. The van der Waals surface area contributed by atoms with E-state index in [0.717, 1.165) is 0 Å². The van der Waals surface area contributed by atoms with E-state index in [2.05, 4.69) is 27.0 Å². The lowest BCUT2D eigenvalue weighted by molar-refractivity contribution is 0.229. The molecule has 0 aromatic carbocycles. The highest BCUT2D eigenvalue weighted by molar-refractivity contribution is 9.07. The number of amides is 2. The van der Waals surface area contributed by atoms with Gasteiger partial charge >= 0.3 is 6.03 Å². The summed E-state index contributed by atoms with van der Waals surface area (Å²) in [6.45, 7) is 0. The van der Waals surface area contributed by atoms with E-state index < -0.39 is 0 Å². The molecule has 8 heavy (non-hydrogen) atoms. The number of rotatable bonds is 0. The lowest BCUT2D eigenvalue weighted by Gasteiger charge is -2.14. The molecule has 4 nitrogen and oxygen atoms in total. The fourth-order valence-corrected chi connectivity index (χ4v) is 0.534. The molecule has 0 aromatic rings. The van der Waals surface area contributed by atoms with E-state index in [0.29, 0.717) is 0 Å². The Morgan fingerprint density at radius 2 is 2.50 bits per heavy atom. The van der Waals surface area contributed by atoms with Crippen LogP contribution in [-0.4, -0.2) is 9.96 Å². The summed E-state index contributed by atoms with van der Waals surface area (Å²) in [5.74, 6) is 0. The van der Waals surface area contributed by atoms with Gasteiger partial charge in [-0.2, -0.15) is 0 Å². The van der Waals surface area contributed by atoms with Crippen LogP contribution in [0, 0.1) is 0 Å². The van der Waals surface area contributed by atoms with Gasteiger partial charge in [0.1, 0.15) is 0 Å². The summed E-state index contributed by atoms with van der Waals surface area (Å²) >= 11 is 2.95. The third-order valence-corrected chi connectivity index (χ3v) is 1.22. The van der Waals surface area contributed by atoms with Crippen LogP contribution in [0.1, 0.15) is 0 Å². The number of urea groups is 1. The molecule has 0 radical (unpaired) electrons. The van der Waals surface area contributed by atoms with Crippen molar-refractivity contribution in [3.05, 3.63) is 12.4 Å². The maximum Gasteiger partial charge on any atom is 0.350 e. The molecule has 1 heterocycles. The predicted octanol–water partition coefficient (Wildman–Crippen LogP) is 0.297. The molecule has 1 aliphatic heterocycles. The Bertz CT molecular complexity index is 134. The Morgan fingerprint density at radius 1 is 1.75 bits per heavy atom. The van der Waals surface area contributed by atoms with Crippen molar-refractivity contribution < 1.29 is 4.79 Å². The number of carbonyl (C=O) groups is 1. The van der Waals surface area contributed by atoms with Gasteiger partial charge in [0.05, 0.1) is 16.1 Å². The van der Waals surface area contributed by atoms with Crippen LogP contribution < -0.4 is 10.9 Å². The average Bonchev–Trinajstić information content (AvgIpc) is 1.77. The van der Waals surface area contributed by atoms with Crippen LogP contribution >= 0.6 is 16.1 Å². The second kappa shape index (κ2) is 2.04. The molecular weight excluding hydrogens is 174 g/mol. The van der Waals surface area contributed by atoms with E-state index in [1.807, 2.05) is 0 Å². The highest BCUT2D eigenvalue weighted by Crippen LogP contribution is 1.99. The molecule has 44 valence electrons. The van der Waals surface area contributed by atoms with Gasteiger partial charge in [-0.1, -0.05) is 0 Å². The number of hydrogen-bond donors (Lipinski definition) is 2. The first-order chi connectivity index (χ1) is 3.80. The first-order valence-electron chi connectivity index (χ1n) is 1.98. The third-order valence-electron chi connectivity index (χ3n) is 0.662.